The summed E-state index contributed by atoms with van der Waals surface area (Å²) in [5.74, 6) is -0.839. The van der Waals surface area contributed by atoms with Gasteiger partial charge in [0.15, 0.2) is 0 Å². The largest absolute Gasteiger partial charge is 0.478 e. The second kappa shape index (κ2) is 4.04. The molecule has 4 heteroatoms. The molecular weight excluding hydrogens is 192 g/mol. The molecule has 0 unspecified atom stereocenters. The number of carboxylic acid groups (broad SMARTS) is 1. The summed E-state index contributed by atoms with van der Waals surface area (Å²) in [6.07, 6.45) is 5.45. The molecule has 1 N–H and O–H groups in total. The predicted octanol–water partition coefficient (Wildman–Crippen LogP) is 2.01. The van der Waals surface area contributed by atoms with Gasteiger partial charge in [-0.15, -0.1) is 0 Å². The average Bonchev–Trinajstić information content (AvgIpc) is 2.42. The van der Waals surface area contributed by atoms with E-state index in [0.29, 0.717) is 11.3 Å². The summed E-state index contributed by atoms with van der Waals surface area (Å²) in [5, 5.41) is 13.4. The molecule has 0 spiro atoms. The summed E-state index contributed by atoms with van der Waals surface area (Å²) in [4.78, 5) is 11.1. The third-order valence-corrected chi connectivity index (χ3v) is 2.98. The minimum atomic E-state index is -0.839. The van der Waals surface area contributed by atoms with Crippen LogP contribution in [-0.4, -0.2) is 20.9 Å². The van der Waals surface area contributed by atoms with Gasteiger partial charge in [-0.05, 0) is 26.2 Å². The number of nitrogens with zero attached hydrogens (tertiary/aromatic N) is 2. The first-order valence-corrected chi connectivity index (χ1v) is 5.49. The second-order valence-corrected chi connectivity index (χ2v) is 4.10. The lowest BCUT2D eigenvalue weighted by Crippen LogP contribution is -2.10. The quantitative estimate of drug-likeness (QED) is 0.768. The molecule has 0 fully saturated rings. The Balaban J connectivity index is 2.43. The highest BCUT2D eigenvalue weighted by Gasteiger charge is 2.20. The number of carboxylic acids is 1. The molecule has 1 aliphatic rings. The van der Waals surface area contributed by atoms with Crippen LogP contribution in [0.1, 0.15) is 47.4 Å². The molecule has 1 aromatic rings. The zero-order valence-corrected chi connectivity index (χ0v) is 8.99. The van der Waals surface area contributed by atoms with Crippen molar-refractivity contribution >= 4 is 5.97 Å². The van der Waals surface area contributed by atoms with E-state index >= 15 is 0 Å². The second-order valence-electron chi connectivity index (χ2n) is 4.10. The zero-order valence-electron chi connectivity index (χ0n) is 8.99. The highest BCUT2D eigenvalue weighted by atomic mass is 16.4. The summed E-state index contributed by atoms with van der Waals surface area (Å²) in [5.41, 5.74) is 2.00. The van der Waals surface area contributed by atoms with Gasteiger partial charge in [0, 0.05) is 6.54 Å². The Bertz CT molecular complexity index is 382. The van der Waals surface area contributed by atoms with Crippen LogP contribution in [0.5, 0.6) is 0 Å². The molecule has 15 heavy (non-hydrogen) atoms. The van der Waals surface area contributed by atoms with Gasteiger partial charge in [0.1, 0.15) is 5.56 Å². The number of carbonyl (C=O) groups is 1. The standard InChI is InChI=1S/C11H16N2O2/c1-8-10(11(14)15)9-6-4-2-3-5-7-13(9)12-8/h2-7H2,1H3,(H,14,15). The van der Waals surface area contributed by atoms with Crippen molar-refractivity contribution in [3.05, 3.63) is 17.0 Å². The Hall–Kier alpha value is -1.32. The molecule has 0 aliphatic carbocycles. The van der Waals surface area contributed by atoms with E-state index in [2.05, 4.69) is 5.10 Å². The van der Waals surface area contributed by atoms with E-state index in [4.69, 9.17) is 5.11 Å². The summed E-state index contributed by atoms with van der Waals surface area (Å²) in [7, 11) is 0. The first-order chi connectivity index (χ1) is 7.20. The fourth-order valence-corrected chi connectivity index (χ4v) is 2.25. The van der Waals surface area contributed by atoms with Crippen LogP contribution in [0.15, 0.2) is 0 Å². The van der Waals surface area contributed by atoms with Gasteiger partial charge >= 0.3 is 5.97 Å². The van der Waals surface area contributed by atoms with Gasteiger partial charge in [-0.2, -0.15) is 5.10 Å². The molecule has 0 aromatic carbocycles. The number of hydrogen-bond acceptors (Lipinski definition) is 2. The molecule has 82 valence electrons. The van der Waals surface area contributed by atoms with Crippen LogP contribution in [-0.2, 0) is 13.0 Å². The highest BCUT2D eigenvalue weighted by molar-refractivity contribution is 5.90. The van der Waals surface area contributed by atoms with Crippen molar-refractivity contribution in [1.82, 2.24) is 9.78 Å². The lowest BCUT2D eigenvalue weighted by atomic mass is 10.0. The van der Waals surface area contributed by atoms with Crippen LogP contribution < -0.4 is 0 Å². The summed E-state index contributed by atoms with van der Waals surface area (Å²) >= 11 is 0. The third kappa shape index (κ3) is 1.89. The van der Waals surface area contributed by atoms with Crippen LogP contribution in [0.2, 0.25) is 0 Å². The van der Waals surface area contributed by atoms with Crippen molar-refractivity contribution in [1.29, 1.82) is 0 Å². The minimum Gasteiger partial charge on any atom is -0.478 e. The van der Waals surface area contributed by atoms with E-state index < -0.39 is 5.97 Å². The molecule has 0 bridgehead atoms. The molecular formula is C11H16N2O2. The van der Waals surface area contributed by atoms with Crippen molar-refractivity contribution in [2.24, 2.45) is 0 Å². The first-order valence-electron chi connectivity index (χ1n) is 5.49. The topological polar surface area (TPSA) is 55.1 Å². The van der Waals surface area contributed by atoms with Gasteiger partial charge in [-0.1, -0.05) is 12.8 Å². The molecule has 0 atom stereocenters. The Kier molecular flexibility index (Phi) is 2.75. The van der Waals surface area contributed by atoms with Crippen LogP contribution in [0.25, 0.3) is 0 Å². The average molecular weight is 208 g/mol. The maximum atomic E-state index is 11.1. The first kappa shape index (κ1) is 10.2. The van der Waals surface area contributed by atoms with Gasteiger partial charge in [0.2, 0.25) is 0 Å². The summed E-state index contributed by atoms with van der Waals surface area (Å²) < 4.78 is 1.89. The lowest BCUT2D eigenvalue weighted by Gasteiger charge is -2.11. The predicted molar refractivity (Wildman–Crippen MR) is 56.1 cm³/mol. The zero-order chi connectivity index (χ0) is 10.8. The van der Waals surface area contributed by atoms with Gasteiger partial charge < -0.3 is 5.11 Å². The molecule has 0 saturated heterocycles. The van der Waals surface area contributed by atoms with Gasteiger partial charge in [0.25, 0.3) is 0 Å². The maximum Gasteiger partial charge on any atom is 0.339 e. The molecule has 0 amide bonds. The van der Waals surface area contributed by atoms with Gasteiger partial charge in [0.05, 0.1) is 11.4 Å². The molecule has 0 radical (unpaired) electrons. The van der Waals surface area contributed by atoms with Crippen molar-refractivity contribution in [3.63, 3.8) is 0 Å². The van der Waals surface area contributed by atoms with E-state index in [0.717, 1.165) is 31.5 Å². The lowest BCUT2D eigenvalue weighted by molar-refractivity contribution is 0.0694. The molecule has 4 nitrogen and oxygen atoms in total. The highest BCUT2D eigenvalue weighted by Crippen LogP contribution is 2.20. The molecule has 0 saturated carbocycles. The SMILES string of the molecule is Cc1nn2c(c1C(=O)O)CCCCCC2. The monoisotopic (exact) mass is 208 g/mol. The minimum absolute atomic E-state index is 0.428. The van der Waals surface area contributed by atoms with Crippen molar-refractivity contribution < 1.29 is 9.90 Å². The fraction of sp³-hybridized carbons (Fsp3) is 0.636. The summed E-state index contributed by atoms with van der Waals surface area (Å²) in [6.45, 7) is 2.64. The Morgan fingerprint density at radius 1 is 1.33 bits per heavy atom. The third-order valence-electron chi connectivity index (χ3n) is 2.98. The molecule has 2 heterocycles. The number of rotatable bonds is 1. The number of aryl methyl sites for hydroxylation is 2. The molecule has 2 rings (SSSR count). The van der Waals surface area contributed by atoms with E-state index in [1.54, 1.807) is 6.92 Å². The van der Waals surface area contributed by atoms with Gasteiger partial charge in [-0.25, -0.2) is 4.79 Å². The Morgan fingerprint density at radius 2 is 2.07 bits per heavy atom. The van der Waals surface area contributed by atoms with Crippen molar-refractivity contribution in [2.45, 2.75) is 45.6 Å². The molecule has 1 aliphatic heterocycles. The number of hydrogen-bond donors (Lipinski definition) is 1. The van der Waals surface area contributed by atoms with Crippen molar-refractivity contribution in [3.8, 4) is 0 Å². The van der Waals surface area contributed by atoms with Crippen molar-refractivity contribution in [2.75, 3.05) is 0 Å². The van der Waals surface area contributed by atoms with E-state index in [-0.39, 0.29) is 0 Å². The van der Waals surface area contributed by atoms with Crippen LogP contribution in [0.3, 0.4) is 0 Å². The van der Waals surface area contributed by atoms with Crippen LogP contribution in [0, 0.1) is 6.92 Å². The molecule has 1 aromatic heterocycles. The Labute approximate surface area is 88.9 Å². The Morgan fingerprint density at radius 3 is 2.80 bits per heavy atom. The van der Waals surface area contributed by atoms with Crippen LogP contribution >= 0.6 is 0 Å². The van der Waals surface area contributed by atoms with E-state index in [9.17, 15) is 4.79 Å². The number of fused-ring (bicyclic) bond motifs is 1. The number of aromatic carboxylic acids is 1. The van der Waals surface area contributed by atoms with Crippen LogP contribution in [0.4, 0.5) is 0 Å². The summed E-state index contributed by atoms with van der Waals surface area (Å²) in [6, 6.07) is 0. The van der Waals surface area contributed by atoms with E-state index in [1.165, 1.54) is 12.8 Å². The van der Waals surface area contributed by atoms with E-state index in [1.807, 2.05) is 4.68 Å². The number of aromatic nitrogens is 2. The van der Waals surface area contributed by atoms with Gasteiger partial charge in [-0.3, -0.25) is 4.68 Å². The normalized spacial score (nSPS) is 16.6. The maximum absolute atomic E-state index is 11.1. The fourth-order valence-electron chi connectivity index (χ4n) is 2.25. The smallest absolute Gasteiger partial charge is 0.339 e.